The smallest absolute Gasteiger partial charge is 0.434 e. The van der Waals surface area contributed by atoms with Gasteiger partial charge in [-0.1, -0.05) is 13.8 Å². The number of nitrogens with zero attached hydrogens (tertiary/aromatic N) is 5. The summed E-state index contributed by atoms with van der Waals surface area (Å²) < 4.78 is 49.8. The van der Waals surface area contributed by atoms with Crippen LogP contribution in [0.3, 0.4) is 0 Å². The number of hydrogen-bond acceptors (Lipinski definition) is 8. The van der Waals surface area contributed by atoms with Gasteiger partial charge in [-0.05, 0) is 87.0 Å². The number of alkyl halides is 3. The minimum absolute atomic E-state index is 0.0352. The molecule has 14 heteroatoms. The van der Waals surface area contributed by atoms with Crippen molar-refractivity contribution in [1.29, 1.82) is 0 Å². The van der Waals surface area contributed by atoms with Crippen LogP contribution in [0.4, 0.5) is 19.1 Å². The number of carbonyl (C=O) groups is 2. The number of ether oxygens (including phenoxy) is 1. The molecule has 5 saturated carbocycles. The molecule has 9 rings (SSSR count). The average molecular weight is 659 g/mol. The molecule has 0 radical (unpaired) electrons. The van der Waals surface area contributed by atoms with Gasteiger partial charge in [0.25, 0.3) is 5.56 Å². The fraction of sp³-hybridized carbons (Fsp3) is 0.727. The number of Topliss-reactive ketones (excluding diaryl/α,β-unsaturated/α-hetero) is 1. The van der Waals surface area contributed by atoms with Crippen LogP contribution in [0.1, 0.15) is 90.3 Å². The van der Waals surface area contributed by atoms with Gasteiger partial charge >= 0.3 is 17.8 Å². The molecular weight excluding hydrogens is 617 g/mol. The van der Waals surface area contributed by atoms with E-state index in [0.29, 0.717) is 56.7 Å². The number of halogens is 3. The van der Waals surface area contributed by atoms with Crippen LogP contribution in [0.5, 0.6) is 0 Å². The molecule has 1 unspecified atom stereocenters. The van der Waals surface area contributed by atoms with Crippen molar-refractivity contribution < 1.29 is 27.5 Å². The van der Waals surface area contributed by atoms with Crippen LogP contribution in [0.25, 0.3) is 11.2 Å². The minimum atomic E-state index is -5.26. The van der Waals surface area contributed by atoms with Crippen molar-refractivity contribution in [3.05, 3.63) is 32.1 Å². The van der Waals surface area contributed by atoms with Gasteiger partial charge in [0.2, 0.25) is 5.95 Å². The highest BCUT2D eigenvalue weighted by Crippen LogP contribution is 2.60. The number of ketones is 1. The first-order valence-corrected chi connectivity index (χ1v) is 17.1. The van der Waals surface area contributed by atoms with Crippen LogP contribution in [-0.2, 0) is 20.9 Å². The van der Waals surface area contributed by atoms with Crippen molar-refractivity contribution >= 4 is 28.9 Å². The molecule has 4 heterocycles. The Bertz CT molecular complexity index is 1780. The van der Waals surface area contributed by atoms with Crippen LogP contribution < -0.4 is 21.5 Å². The Balaban J connectivity index is 1.31. The summed E-state index contributed by atoms with van der Waals surface area (Å²) in [6, 6.07) is -0.259. The van der Waals surface area contributed by atoms with Crippen LogP contribution in [0, 0.1) is 29.1 Å². The van der Waals surface area contributed by atoms with Crippen LogP contribution >= 0.6 is 0 Å². The zero-order valence-electron chi connectivity index (χ0n) is 26.8. The van der Waals surface area contributed by atoms with Gasteiger partial charge < -0.3 is 15.0 Å². The van der Waals surface area contributed by atoms with Gasteiger partial charge in [-0.2, -0.15) is 18.2 Å². The first-order chi connectivity index (χ1) is 22.3. The lowest BCUT2D eigenvalue weighted by Gasteiger charge is -2.56. The lowest BCUT2D eigenvalue weighted by Crippen LogP contribution is -2.52. The number of hydrogen-bond donors (Lipinski definition) is 1. The van der Waals surface area contributed by atoms with Gasteiger partial charge in [0.15, 0.2) is 23.2 Å². The van der Waals surface area contributed by atoms with E-state index in [0.717, 1.165) is 54.4 Å². The molecule has 11 nitrogen and oxygen atoms in total. The highest BCUT2D eigenvalue weighted by molar-refractivity contribution is 5.85. The predicted octanol–water partition coefficient (Wildman–Crippen LogP) is 4.20. The van der Waals surface area contributed by atoms with E-state index in [1.165, 1.54) is 9.13 Å². The standard InChI is InChI=1S/C33H41F3N6O5/c1-17(2)7-25(47-29(45)33(34,35)36)42-26-27(38-30(42)39-6-5-21-14-37-15-23(21)39)41(22-3-4-22)31(46)40(28(26)44)16-24(43)32-11-18-8-19(12-32)10-20(9-18)13-32/h17-20,22,25,37H,3-16H2,1-2H3. The summed E-state index contributed by atoms with van der Waals surface area (Å²) >= 11 is 0. The highest BCUT2D eigenvalue weighted by atomic mass is 19.4. The molecule has 0 spiro atoms. The fourth-order valence-corrected chi connectivity index (χ4v) is 9.72. The quantitative estimate of drug-likeness (QED) is 0.399. The first-order valence-electron chi connectivity index (χ1n) is 17.1. The Hall–Kier alpha value is -3.42. The molecule has 5 fully saturated rings. The van der Waals surface area contributed by atoms with E-state index in [1.807, 2.05) is 4.90 Å². The van der Waals surface area contributed by atoms with Crippen molar-refractivity contribution in [2.45, 2.75) is 103 Å². The summed E-state index contributed by atoms with van der Waals surface area (Å²) in [6.07, 6.45) is 0.924. The molecule has 2 aromatic rings. The van der Waals surface area contributed by atoms with Gasteiger partial charge in [0.1, 0.15) is 0 Å². The van der Waals surface area contributed by atoms with Crippen molar-refractivity contribution in [3.8, 4) is 0 Å². The number of esters is 1. The Morgan fingerprint density at radius 1 is 1.04 bits per heavy atom. The summed E-state index contributed by atoms with van der Waals surface area (Å²) in [4.78, 5) is 62.0. The summed E-state index contributed by atoms with van der Waals surface area (Å²) in [5, 5.41) is 3.29. The fourth-order valence-electron chi connectivity index (χ4n) is 9.72. The SMILES string of the molecule is CC(C)CC(OC(=O)C(F)(F)F)n1c(N2CCC3=C2CNC3)nc2c1c(=O)n(CC(=O)C13CC4CC(CC(C4)C1)C3)c(=O)n2C1CC1. The Morgan fingerprint density at radius 3 is 2.30 bits per heavy atom. The average Bonchev–Trinajstić information content (AvgIpc) is 3.37. The van der Waals surface area contributed by atoms with Gasteiger partial charge in [-0.25, -0.2) is 9.59 Å². The van der Waals surface area contributed by atoms with Gasteiger partial charge in [0.05, 0.1) is 6.54 Å². The molecule has 5 aliphatic carbocycles. The van der Waals surface area contributed by atoms with E-state index in [4.69, 9.17) is 9.72 Å². The zero-order chi connectivity index (χ0) is 33.0. The summed E-state index contributed by atoms with van der Waals surface area (Å²) in [5.74, 6) is -1.10. The molecule has 254 valence electrons. The Kier molecular flexibility index (Phi) is 7.09. The highest BCUT2D eigenvalue weighted by Gasteiger charge is 2.54. The molecule has 1 atom stereocenters. The number of aromatic nitrogens is 4. The third-order valence-electron chi connectivity index (χ3n) is 11.5. The molecule has 1 N–H and O–H groups in total. The molecule has 2 aliphatic heterocycles. The summed E-state index contributed by atoms with van der Waals surface area (Å²) in [6.45, 7) is 4.82. The topological polar surface area (TPSA) is 120 Å². The molecule has 0 amide bonds. The van der Waals surface area contributed by atoms with Gasteiger partial charge in [-0.3, -0.25) is 23.3 Å². The number of imidazole rings is 1. The monoisotopic (exact) mass is 658 g/mol. The lowest BCUT2D eigenvalue weighted by atomic mass is 9.48. The van der Waals surface area contributed by atoms with Crippen LogP contribution in [0.15, 0.2) is 20.9 Å². The number of anilines is 1. The molecule has 47 heavy (non-hydrogen) atoms. The molecule has 2 aromatic heterocycles. The molecule has 0 aromatic carbocycles. The van der Waals surface area contributed by atoms with Crippen LogP contribution in [-0.4, -0.2) is 56.2 Å². The third-order valence-corrected chi connectivity index (χ3v) is 11.5. The number of carbonyl (C=O) groups excluding carboxylic acids is 2. The maximum atomic E-state index is 14.6. The number of nitrogens with one attached hydrogen (secondary N) is 1. The third kappa shape index (κ3) is 5.07. The Morgan fingerprint density at radius 2 is 1.70 bits per heavy atom. The molecule has 0 saturated heterocycles. The summed E-state index contributed by atoms with van der Waals surface area (Å²) in [7, 11) is 0. The second kappa shape index (κ2) is 10.8. The number of fused-ring (bicyclic) bond motifs is 1. The van der Waals surface area contributed by atoms with E-state index < -0.39 is 41.6 Å². The molecule has 4 bridgehead atoms. The van der Waals surface area contributed by atoms with E-state index in [2.05, 4.69) is 5.32 Å². The summed E-state index contributed by atoms with van der Waals surface area (Å²) in [5.41, 5.74) is -0.0106. The predicted molar refractivity (Wildman–Crippen MR) is 165 cm³/mol. The first kappa shape index (κ1) is 30.9. The van der Waals surface area contributed by atoms with E-state index in [9.17, 15) is 32.3 Å². The van der Waals surface area contributed by atoms with Crippen molar-refractivity contribution in [3.63, 3.8) is 0 Å². The van der Waals surface area contributed by atoms with Crippen molar-refractivity contribution in [1.82, 2.24) is 24.0 Å². The largest absolute Gasteiger partial charge is 0.491 e. The number of rotatable bonds is 9. The van der Waals surface area contributed by atoms with E-state index >= 15 is 0 Å². The Labute approximate surface area is 269 Å². The van der Waals surface area contributed by atoms with E-state index in [1.54, 1.807) is 13.8 Å². The minimum Gasteiger partial charge on any atom is -0.434 e. The maximum Gasteiger partial charge on any atom is 0.491 e. The zero-order valence-corrected chi connectivity index (χ0v) is 26.8. The second-order valence-corrected chi connectivity index (χ2v) is 15.4. The lowest BCUT2D eigenvalue weighted by molar-refractivity contribution is -0.209. The van der Waals surface area contributed by atoms with Crippen LogP contribution in [0.2, 0.25) is 0 Å². The normalized spacial score (nSPS) is 29.0. The van der Waals surface area contributed by atoms with Gasteiger partial charge in [0, 0.05) is 43.2 Å². The molecule has 7 aliphatic rings. The van der Waals surface area contributed by atoms with Gasteiger partial charge in [-0.15, -0.1) is 0 Å². The van der Waals surface area contributed by atoms with E-state index in [-0.39, 0.29) is 41.3 Å². The van der Waals surface area contributed by atoms with Crippen molar-refractivity contribution in [2.75, 3.05) is 24.5 Å². The molecular formula is C33H41F3N6O5. The van der Waals surface area contributed by atoms with Crippen molar-refractivity contribution in [2.24, 2.45) is 29.1 Å². The maximum absolute atomic E-state index is 14.6. The second-order valence-electron chi connectivity index (χ2n) is 15.4.